The summed E-state index contributed by atoms with van der Waals surface area (Å²) in [6, 6.07) is 20.9. The van der Waals surface area contributed by atoms with Crippen LogP contribution in [0, 0.1) is 20.8 Å². The Morgan fingerprint density at radius 2 is 1.63 bits per heavy atom. The molecule has 0 spiro atoms. The first-order valence-corrected chi connectivity index (χ1v) is 15.2. The van der Waals surface area contributed by atoms with E-state index >= 15 is 0 Å². The van der Waals surface area contributed by atoms with E-state index in [1.165, 1.54) is 6.21 Å². The van der Waals surface area contributed by atoms with Gasteiger partial charge in [-0.25, -0.2) is 13.8 Å². The Balaban J connectivity index is 1.57. The lowest BCUT2D eigenvalue weighted by Crippen LogP contribution is -2.39. The van der Waals surface area contributed by atoms with Crippen LogP contribution in [0.15, 0.2) is 82.8 Å². The summed E-state index contributed by atoms with van der Waals surface area (Å²) in [5.74, 6) is -0.305. The van der Waals surface area contributed by atoms with Crippen LogP contribution >= 0.6 is 23.2 Å². The zero-order chi connectivity index (χ0) is 29.9. The first kappa shape index (κ1) is 30.4. The van der Waals surface area contributed by atoms with Gasteiger partial charge in [-0.3, -0.25) is 9.10 Å². The quantitative estimate of drug-likeness (QED) is 0.161. The van der Waals surface area contributed by atoms with E-state index in [1.807, 2.05) is 49.6 Å². The Labute approximate surface area is 251 Å². The lowest BCUT2D eigenvalue weighted by molar-refractivity contribution is -0.119. The van der Waals surface area contributed by atoms with Gasteiger partial charge in [0.1, 0.15) is 6.54 Å². The highest BCUT2D eigenvalue weighted by molar-refractivity contribution is 7.92. The number of sulfonamides is 1. The van der Waals surface area contributed by atoms with Crippen molar-refractivity contribution >= 4 is 51.0 Å². The van der Waals surface area contributed by atoms with Crippen LogP contribution in [0.4, 0.5) is 5.69 Å². The summed E-state index contributed by atoms with van der Waals surface area (Å²) in [4.78, 5) is 13.1. The van der Waals surface area contributed by atoms with Crippen LogP contribution in [-0.4, -0.2) is 31.7 Å². The number of carbonyl (C=O) groups is 1. The third-order valence-electron chi connectivity index (χ3n) is 6.76. The van der Waals surface area contributed by atoms with Gasteiger partial charge in [-0.2, -0.15) is 5.10 Å². The van der Waals surface area contributed by atoms with E-state index in [2.05, 4.69) is 24.4 Å². The van der Waals surface area contributed by atoms with Gasteiger partial charge in [0.15, 0.2) is 0 Å². The minimum absolute atomic E-state index is 0.0978. The average Bonchev–Trinajstić information content (AvgIpc) is 3.20. The first-order chi connectivity index (χ1) is 19.4. The molecule has 0 fully saturated rings. The van der Waals surface area contributed by atoms with Crippen molar-refractivity contribution in [3.63, 3.8) is 0 Å². The zero-order valence-corrected chi connectivity index (χ0v) is 25.8. The molecule has 0 aliphatic carbocycles. The molecule has 0 radical (unpaired) electrons. The van der Waals surface area contributed by atoms with Crippen LogP contribution in [0.25, 0.3) is 5.69 Å². The molecule has 41 heavy (non-hydrogen) atoms. The van der Waals surface area contributed by atoms with Gasteiger partial charge in [-0.15, -0.1) is 0 Å². The number of halogens is 2. The van der Waals surface area contributed by atoms with E-state index in [0.29, 0.717) is 15.7 Å². The van der Waals surface area contributed by atoms with Crippen molar-refractivity contribution in [2.24, 2.45) is 5.10 Å². The number of carbonyl (C=O) groups excluding carboxylic acids is 1. The molecule has 1 aromatic heterocycles. The van der Waals surface area contributed by atoms with E-state index in [-0.39, 0.29) is 10.8 Å². The number of amides is 1. The van der Waals surface area contributed by atoms with E-state index in [4.69, 9.17) is 23.2 Å². The molecule has 0 saturated heterocycles. The molecule has 0 unspecified atom stereocenters. The molecule has 0 bridgehead atoms. The highest BCUT2D eigenvalue weighted by Crippen LogP contribution is 2.29. The van der Waals surface area contributed by atoms with Crippen LogP contribution in [0.1, 0.15) is 47.8 Å². The average molecular weight is 612 g/mol. The number of benzene rings is 3. The maximum atomic E-state index is 13.6. The molecule has 1 heterocycles. The SMILES string of the molecule is Cc1ccc(S(=O)(=O)N(CC(=O)N/N=C\c2cc(C)n(-c3ccc(Cl)cc3Cl)c2C)c2ccc(C(C)C)cc2)cc1. The molecule has 0 aliphatic rings. The van der Waals surface area contributed by atoms with Gasteiger partial charge in [-0.1, -0.05) is 66.9 Å². The van der Waals surface area contributed by atoms with Gasteiger partial charge in [-0.05, 0) is 80.8 Å². The van der Waals surface area contributed by atoms with Crippen LogP contribution < -0.4 is 9.73 Å². The summed E-state index contributed by atoms with van der Waals surface area (Å²) in [6.07, 6.45) is 1.52. The largest absolute Gasteiger partial charge is 0.316 e. The van der Waals surface area contributed by atoms with Gasteiger partial charge >= 0.3 is 0 Å². The molecule has 1 N–H and O–H groups in total. The topological polar surface area (TPSA) is 83.8 Å². The maximum Gasteiger partial charge on any atom is 0.264 e. The molecular formula is C31H32Cl2N4O3S. The van der Waals surface area contributed by atoms with Gasteiger partial charge in [0.2, 0.25) is 0 Å². The smallest absolute Gasteiger partial charge is 0.264 e. The second-order valence-electron chi connectivity index (χ2n) is 10.1. The van der Waals surface area contributed by atoms with E-state index in [0.717, 1.165) is 38.1 Å². The fourth-order valence-corrected chi connectivity index (χ4v) is 6.38. The Morgan fingerprint density at radius 1 is 0.976 bits per heavy atom. The summed E-state index contributed by atoms with van der Waals surface area (Å²) < 4.78 is 30.4. The third-order valence-corrected chi connectivity index (χ3v) is 9.08. The van der Waals surface area contributed by atoms with Crippen LogP contribution in [0.5, 0.6) is 0 Å². The van der Waals surface area contributed by atoms with Crippen molar-refractivity contribution in [1.82, 2.24) is 9.99 Å². The first-order valence-electron chi connectivity index (χ1n) is 13.0. The van der Waals surface area contributed by atoms with Crippen LogP contribution in [0.3, 0.4) is 0 Å². The summed E-state index contributed by atoms with van der Waals surface area (Å²) >= 11 is 12.5. The Kier molecular flexibility index (Phi) is 9.27. The molecule has 4 aromatic rings. The van der Waals surface area contributed by atoms with Gasteiger partial charge in [0, 0.05) is 22.0 Å². The van der Waals surface area contributed by atoms with Gasteiger partial charge < -0.3 is 4.57 Å². The molecule has 10 heteroatoms. The maximum absolute atomic E-state index is 13.6. The number of aromatic nitrogens is 1. The van der Waals surface area contributed by atoms with Crippen LogP contribution in [0.2, 0.25) is 10.0 Å². The van der Waals surface area contributed by atoms with E-state index in [9.17, 15) is 13.2 Å². The molecule has 214 valence electrons. The molecule has 4 rings (SSSR count). The lowest BCUT2D eigenvalue weighted by atomic mass is 10.0. The Morgan fingerprint density at radius 3 is 2.24 bits per heavy atom. The minimum atomic E-state index is -4.03. The monoisotopic (exact) mass is 610 g/mol. The van der Waals surface area contributed by atoms with Crippen molar-refractivity contribution in [1.29, 1.82) is 0 Å². The van der Waals surface area contributed by atoms with E-state index in [1.54, 1.807) is 48.5 Å². The fraction of sp³-hybridized carbons (Fsp3) is 0.226. The third kappa shape index (κ3) is 6.84. The molecule has 7 nitrogen and oxygen atoms in total. The van der Waals surface area contributed by atoms with Crippen molar-refractivity contribution in [2.45, 2.75) is 45.4 Å². The Bertz CT molecular complexity index is 1690. The molecule has 0 saturated carbocycles. The number of aryl methyl sites for hydroxylation is 2. The van der Waals surface area contributed by atoms with E-state index < -0.39 is 22.5 Å². The van der Waals surface area contributed by atoms with Crippen molar-refractivity contribution < 1.29 is 13.2 Å². The van der Waals surface area contributed by atoms with Gasteiger partial charge in [0.25, 0.3) is 15.9 Å². The standard InChI is InChI=1S/C31H32Cl2N4O3S/c1-20(2)24-8-11-27(12-9-24)36(41(39,40)28-13-6-21(3)7-14-28)19-31(38)35-34-18-25-16-22(4)37(23(25)5)30-15-10-26(32)17-29(30)33/h6-18,20H,19H2,1-5H3,(H,35,38)/b34-18-. The molecule has 3 aromatic carbocycles. The number of rotatable bonds is 9. The Hall–Kier alpha value is -3.59. The fourth-order valence-electron chi connectivity index (χ4n) is 4.47. The van der Waals surface area contributed by atoms with Crippen molar-refractivity contribution in [3.05, 3.63) is 111 Å². The second kappa shape index (κ2) is 12.5. The summed E-state index contributed by atoms with van der Waals surface area (Å²) in [7, 11) is -4.03. The highest BCUT2D eigenvalue weighted by atomic mass is 35.5. The summed E-state index contributed by atoms with van der Waals surface area (Å²) in [6.45, 7) is 9.40. The number of anilines is 1. The number of nitrogens with one attached hydrogen (secondary N) is 1. The molecule has 1 amide bonds. The zero-order valence-electron chi connectivity index (χ0n) is 23.5. The highest BCUT2D eigenvalue weighted by Gasteiger charge is 2.27. The minimum Gasteiger partial charge on any atom is -0.316 e. The normalized spacial score (nSPS) is 11.8. The molecule has 0 atom stereocenters. The van der Waals surface area contributed by atoms with Gasteiger partial charge in [0.05, 0.1) is 27.5 Å². The molecule has 0 aliphatic heterocycles. The van der Waals surface area contributed by atoms with Crippen molar-refractivity contribution in [2.75, 3.05) is 10.8 Å². The molecular weight excluding hydrogens is 579 g/mol. The predicted octanol–water partition coefficient (Wildman–Crippen LogP) is 7.18. The lowest BCUT2D eigenvalue weighted by Gasteiger charge is -2.24. The number of nitrogens with zero attached hydrogens (tertiary/aromatic N) is 3. The second-order valence-corrected chi connectivity index (χ2v) is 12.8. The van der Waals surface area contributed by atoms with Crippen LogP contribution in [-0.2, 0) is 14.8 Å². The number of hydrazone groups is 1. The number of hydrogen-bond donors (Lipinski definition) is 1. The predicted molar refractivity (Wildman–Crippen MR) is 167 cm³/mol. The van der Waals surface area contributed by atoms with Crippen molar-refractivity contribution in [3.8, 4) is 5.69 Å². The summed E-state index contributed by atoms with van der Waals surface area (Å²) in [5, 5.41) is 5.17. The summed E-state index contributed by atoms with van der Waals surface area (Å²) in [5.41, 5.74) is 8.18. The number of hydrogen-bond acceptors (Lipinski definition) is 4.